The maximum Gasteiger partial charge on any atom is 0.185 e. The lowest BCUT2D eigenvalue weighted by molar-refractivity contribution is 0.110. The van der Waals surface area contributed by atoms with Gasteiger partial charge in [0.25, 0.3) is 0 Å². The Morgan fingerprint density at radius 2 is 2.12 bits per heavy atom. The van der Waals surface area contributed by atoms with Crippen molar-refractivity contribution in [3.8, 4) is 11.3 Å². The Bertz CT molecular complexity index is 697. The van der Waals surface area contributed by atoms with Gasteiger partial charge in [-0.25, -0.2) is 0 Å². The molecule has 5 heteroatoms. The first-order valence-corrected chi connectivity index (χ1v) is 5.13. The van der Waals surface area contributed by atoms with E-state index in [-0.39, 0.29) is 0 Å². The van der Waals surface area contributed by atoms with E-state index < -0.39 is 0 Å². The van der Waals surface area contributed by atoms with Crippen LogP contribution in [0.25, 0.3) is 22.4 Å². The maximum atomic E-state index is 10.6. The van der Waals surface area contributed by atoms with Gasteiger partial charge in [-0.3, -0.25) is 4.79 Å². The number of rotatable bonds is 2. The number of hydrogen-bond acceptors (Lipinski definition) is 4. The Balaban J connectivity index is 2.25. The van der Waals surface area contributed by atoms with Gasteiger partial charge in [0.2, 0.25) is 0 Å². The summed E-state index contributed by atoms with van der Waals surface area (Å²) in [6.45, 7) is 0. The van der Waals surface area contributed by atoms with Crippen molar-refractivity contribution in [1.29, 1.82) is 0 Å². The molecule has 0 saturated carbocycles. The Morgan fingerprint density at radius 3 is 2.88 bits per heavy atom. The van der Waals surface area contributed by atoms with Crippen LogP contribution in [0, 0.1) is 0 Å². The average molecular weight is 227 g/mol. The number of furan rings is 1. The minimum atomic E-state index is 0.306. The molecule has 3 aromatic rings. The zero-order valence-corrected chi connectivity index (χ0v) is 9.12. The summed E-state index contributed by atoms with van der Waals surface area (Å²) in [5.41, 5.74) is 2.40. The lowest BCUT2D eigenvalue weighted by Gasteiger charge is -1.96. The van der Waals surface area contributed by atoms with E-state index in [0.717, 1.165) is 16.6 Å². The predicted molar refractivity (Wildman–Crippen MR) is 61.6 cm³/mol. The monoisotopic (exact) mass is 227 g/mol. The highest BCUT2D eigenvalue weighted by molar-refractivity contribution is 5.90. The molecule has 0 saturated heterocycles. The van der Waals surface area contributed by atoms with Crippen molar-refractivity contribution in [3.05, 3.63) is 36.1 Å². The summed E-state index contributed by atoms with van der Waals surface area (Å²) >= 11 is 0. The van der Waals surface area contributed by atoms with Crippen LogP contribution in [-0.4, -0.2) is 21.3 Å². The third-order valence-electron chi connectivity index (χ3n) is 2.52. The molecular weight excluding hydrogens is 218 g/mol. The second kappa shape index (κ2) is 3.55. The summed E-state index contributed by atoms with van der Waals surface area (Å²) in [7, 11) is 1.77. The van der Waals surface area contributed by atoms with Crippen molar-refractivity contribution < 1.29 is 9.21 Å². The van der Waals surface area contributed by atoms with Crippen molar-refractivity contribution >= 4 is 17.3 Å². The van der Waals surface area contributed by atoms with E-state index in [1.54, 1.807) is 19.2 Å². The molecule has 84 valence electrons. The number of carbonyl (C=O) groups excluding carboxylic acids is 1. The number of hydrogen-bond donors (Lipinski definition) is 0. The minimum Gasteiger partial charge on any atom is -0.453 e. The Labute approximate surface area is 96.7 Å². The lowest BCUT2D eigenvalue weighted by Crippen LogP contribution is -1.90. The molecule has 0 aliphatic carbocycles. The summed E-state index contributed by atoms with van der Waals surface area (Å²) in [5, 5.41) is 8.50. The number of aryl methyl sites for hydroxylation is 1. The first-order chi connectivity index (χ1) is 8.28. The SMILES string of the molecule is Cn1nc2cccc(-c3ccc(C=O)o3)c2n1. The highest BCUT2D eigenvalue weighted by Crippen LogP contribution is 2.27. The zero-order valence-electron chi connectivity index (χ0n) is 9.12. The molecule has 0 radical (unpaired) electrons. The van der Waals surface area contributed by atoms with Crippen molar-refractivity contribution in [2.75, 3.05) is 0 Å². The third kappa shape index (κ3) is 1.52. The van der Waals surface area contributed by atoms with E-state index in [1.165, 1.54) is 4.80 Å². The zero-order chi connectivity index (χ0) is 11.8. The van der Waals surface area contributed by atoms with Gasteiger partial charge >= 0.3 is 0 Å². The Kier molecular flexibility index (Phi) is 2.04. The molecule has 0 atom stereocenters. The van der Waals surface area contributed by atoms with Crippen LogP contribution in [0.1, 0.15) is 10.6 Å². The normalized spacial score (nSPS) is 10.9. The highest BCUT2D eigenvalue weighted by Gasteiger charge is 2.11. The summed E-state index contributed by atoms with van der Waals surface area (Å²) < 4.78 is 5.39. The molecular formula is C12H9N3O2. The number of aldehydes is 1. The van der Waals surface area contributed by atoms with E-state index in [2.05, 4.69) is 10.2 Å². The van der Waals surface area contributed by atoms with Crippen molar-refractivity contribution in [3.63, 3.8) is 0 Å². The van der Waals surface area contributed by atoms with Crippen LogP contribution in [0.4, 0.5) is 0 Å². The second-order valence-electron chi connectivity index (χ2n) is 3.68. The van der Waals surface area contributed by atoms with Crippen LogP contribution in [0.15, 0.2) is 34.7 Å². The molecule has 0 unspecified atom stereocenters. The predicted octanol–water partition coefficient (Wildman–Crippen LogP) is 2.04. The fourth-order valence-corrected chi connectivity index (χ4v) is 1.80. The molecule has 0 aliphatic heterocycles. The Morgan fingerprint density at radius 1 is 1.24 bits per heavy atom. The summed E-state index contributed by atoms with van der Waals surface area (Å²) in [4.78, 5) is 12.1. The molecule has 17 heavy (non-hydrogen) atoms. The molecule has 0 bridgehead atoms. The van der Waals surface area contributed by atoms with Crippen LogP contribution < -0.4 is 0 Å². The van der Waals surface area contributed by atoms with Crippen LogP contribution in [0.3, 0.4) is 0 Å². The minimum absolute atomic E-state index is 0.306. The lowest BCUT2D eigenvalue weighted by atomic mass is 10.1. The smallest absolute Gasteiger partial charge is 0.185 e. The fraction of sp³-hybridized carbons (Fsp3) is 0.0833. The molecule has 0 amide bonds. The average Bonchev–Trinajstić information content (AvgIpc) is 2.92. The number of carbonyl (C=O) groups is 1. The largest absolute Gasteiger partial charge is 0.453 e. The number of fused-ring (bicyclic) bond motifs is 1. The van der Waals surface area contributed by atoms with Gasteiger partial charge in [-0.05, 0) is 24.3 Å². The molecule has 3 rings (SSSR count). The third-order valence-corrected chi connectivity index (χ3v) is 2.52. The van der Waals surface area contributed by atoms with E-state index >= 15 is 0 Å². The van der Waals surface area contributed by atoms with Gasteiger partial charge in [0.1, 0.15) is 16.8 Å². The fourth-order valence-electron chi connectivity index (χ4n) is 1.80. The molecule has 0 N–H and O–H groups in total. The van der Waals surface area contributed by atoms with Crippen LogP contribution in [0.2, 0.25) is 0 Å². The molecule has 2 aromatic heterocycles. The quantitative estimate of drug-likeness (QED) is 0.628. The molecule has 2 heterocycles. The van der Waals surface area contributed by atoms with Gasteiger partial charge in [-0.15, -0.1) is 0 Å². The van der Waals surface area contributed by atoms with Crippen LogP contribution in [0.5, 0.6) is 0 Å². The van der Waals surface area contributed by atoms with Gasteiger partial charge in [-0.1, -0.05) is 6.07 Å². The summed E-state index contributed by atoms with van der Waals surface area (Å²) in [5.74, 6) is 0.930. The van der Waals surface area contributed by atoms with E-state index in [9.17, 15) is 4.79 Å². The molecule has 0 aliphatic rings. The molecule has 0 fully saturated rings. The topological polar surface area (TPSA) is 60.9 Å². The Hall–Kier alpha value is -2.43. The van der Waals surface area contributed by atoms with Gasteiger partial charge in [0, 0.05) is 12.6 Å². The highest BCUT2D eigenvalue weighted by atomic mass is 16.3. The number of nitrogens with zero attached hydrogens (tertiary/aromatic N) is 3. The molecule has 5 nitrogen and oxygen atoms in total. The standard InChI is InChI=1S/C12H9N3O2/c1-15-13-10-4-2-3-9(12(10)14-15)11-6-5-8(7-16)17-11/h2-7H,1H3. The van der Waals surface area contributed by atoms with E-state index in [4.69, 9.17) is 4.42 Å². The van der Waals surface area contributed by atoms with E-state index in [1.807, 2.05) is 18.2 Å². The van der Waals surface area contributed by atoms with Gasteiger partial charge in [0.05, 0.1) is 0 Å². The first kappa shape index (κ1) is 9.77. The second-order valence-corrected chi connectivity index (χ2v) is 3.68. The van der Waals surface area contributed by atoms with Crippen molar-refractivity contribution in [1.82, 2.24) is 15.0 Å². The number of benzene rings is 1. The summed E-state index contributed by atoms with van der Waals surface area (Å²) in [6, 6.07) is 9.06. The van der Waals surface area contributed by atoms with Gasteiger partial charge in [-0.2, -0.15) is 15.0 Å². The van der Waals surface area contributed by atoms with Crippen LogP contribution >= 0.6 is 0 Å². The molecule has 0 spiro atoms. The van der Waals surface area contributed by atoms with Gasteiger partial charge < -0.3 is 4.42 Å². The maximum absolute atomic E-state index is 10.6. The van der Waals surface area contributed by atoms with Crippen molar-refractivity contribution in [2.45, 2.75) is 0 Å². The first-order valence-electron chi connectivity index (χ1n) is 5.13. The van der Waals surface area contributed by atoms with Gasteiger partial charge in [0.15, 0.2) is 12.0 Å². The summed E-state index contributed by atoms with van der Waals surface area (Å²) in [6.07, 6.45) is 0.681. The molecule has 1 aromatic carbocycles. The van der Waals surface area contributed by atoms with E-state index in [0.29, 0.717) is 17.8 Å². The van der Waals surface area contributed by atoms with Crippen molar-refractivity contribution in [2.24, 2.45) is 7.05 Å². The van der Waals surface area contributed by atoms with Crippen LogP contribution in [-0.2, 0) is 7.05 Å². The number of aromatic nitrogens is 3.